The molecule has 0 aromatic heterocycles. The fourth-order valence-corrected chi connectivity index (χ4v) is 3.75. The first kappa shape index (κ1) is 19.9. The second-order valence-corrected chi connectivity index (χ2v) is 8.48. The topological polar surface area (TPSA) is 27.7 Å². The molecule has 2 aromatic carbocycles. The molecule has 0 N–H and O–H groups in total. The van der Waals surface area contributed by atoms with E-state index in [-0.39, 0.29) is 6.10 Å². The minimum absolute atomic E-state index is 0.0570. The van der Waals surface area contributed by atoms with Crippen molar-refractivity contribution in [1.82, 2.24) is 0 Å². The lowest BCUT2D eigenvalue weighted by Crippen LogP contribution is -2.36. The Morgan fingerprint density at radius 1 is 0.600 bits per heavy atom. The minimum atomic E-state index is -2.33. The van der Waals surface area contributed by atoms with Gasteiger partial charge in [0.2, 0.25) is 0 Å². The van der Waals surface area contributed by atoms with Gasteiger partial charge in [0.05, 0.1) is 11.5 Å². The van der Waals surface area contributed by atoms with Crippen LogP contribution in [0.25, 0.3) is 0 Å². The summed E-state index contributed by atoms with van der Waals surface area (Å²) in [6.45, 7) is 12.7. The molecule has 134 valence electrons. The summed E-state index contributed by atoms with van der Waals surface area (Å²) in [5.41, 5.74) is 2.58. The van der Waals surface area contributed by atoms with Crippen LogP contribution >= 0.6 is 0 Å². The molecule has 4 heteroatoms. The first-order valence-corrected chi connectivity index (χ1v) is 10.4. The van der Waals surface area contributed by atoms with E-state index in [1.807, 2.05) is 38.1 Å². The van der Waals surface area contributed by atoms with Crippen LogP contribution in [-0.2, 0) is 3.79 Å². The highest BCUT2D eigenvalue weighted by molar-refractivity contribution is 6.38. The molecular weight excluding hydrogens is 327 g/mol. The normalized spacial score (nSPS) is 11.2. The number of benzene rings is 2. The average Bonchev–Trinajstić information content (AvgIpc) is 2.55. The van der Waals surface area contributed by atoms with Crippen LogP contribution in [0.2, 0.25) is 0 Å². The van der Waals surface area contributed by atoms with Crippen molar-refractivity contribution >= 4 is 15.1 Å². The minimum Gasteiger partial charge on any atom is -0.588 e. The van der Waals surface area contributed by atoms with Crippen molar-refractivity contribution in [2.75, 3.05) is 0 Å². The maximum absolute atomic E-state index is 6.04. The molecule has 0 saturated heterocycles. The standard InChI is InChI=1S/2C9H12O.C3H7O.Al/c2*1-7(2)8-3-5-9(10)6-4-8;1-3(2)4;/h2*3-7,10H,1-2H3;3H,1-2H3;/q;;-1;+3/p-2. The number of rotatable bonds is 8. The Morgan fingerprint density at radius 2 is 0.960 bits per heavy atom. The van der Waals surface area contributed by atoms with Crippen LogP contribution in [0.15, 0.2) is 48.5 Å². The molecule has 0 radical (unpaired) electrons. The molecule has 0 aliphatic carbocycles. The number of hydrogen-bond donors (Lipinski definition) is 0. The summed E-state index contributed by atoms with van der Waals surface area (Å²) in [6.07, 6.45) is 0.0570. The van der Waals surface area contributed by atoms with Gasteiger partial charge >= 0.3 is 15.1 Å². The Bertz CT molecular complexity index is 580. The summed E-state index contributed by atoms with van der Waals surface area (Å²) in [7, 11) is 0. The summed E-state index contributed by atoms with van der Waals surface area (Å²) >= 11 is -2.33. The quantitative estimate of drug-likeness (QED) is 0.559. The van der Waals surface area contributed by atoms with Gasteiger partial charge < -0.3 is 11.4 Å². The SMILES string of the molecule is CC(C)[O][Al]([O]c1ccc(C(C)C)cc1)[O]c1ccc(C(C)C)cc1. The fraction of sp³-hybridized carbons (Fsp3) is 0.429. The molecule has 0 unspecified atom stereocenters. The van der Waals surface area contributed by atoms with E-state index in [0.717, 1.165) is 11.5 Å². The van der Waals surface area contributed by atoms with Gasteiger partial charge in [-0.15, -0.1) is 0 Å². The van der Waals surface area contributed by atoms with Gasteiger partial charge in [-0.3, -0.25) is 0 Å². The lowest BCUT2D eigenvalue weighted by Gasteiger charge is -2.18. The second-order valence-electron chi connectivity index (χ2n) is 7.16. The smallest absolute Gasteiger partial charge is 0.588 e. The fourth-order valence-electron chi connectivity index (χ4n) is 2.39. The van der Waals surface area contributed by atoms with Crippen molar-refractivity contribution in [1.29, 1.82) is 0 Å². The number of hydrogen-bond acceptors (Lipinski definition) is 3. The molecule has 0 fully saturated rings. The van der Waals surface area contributed by atoms with Crippen LogP contribution in [0.1, 0.15) is 64.5 Å². The molecule has 0 aliphatic heterocycles. The zero-order valence-electron chi connectivity index (χ0n) is 16.2. The zero-order valence-corrected chi connectivity index (χ0v) is 17.3. The van der Waals surface area contributed by atoms with Gasteiger partial charge in [0, 0.05) is 6.10 Å². The lowest BCUT2D eigenvalue weighted by molar-refractivity contribution is 0.154. The summed E-state index contributed by atoms with van der Waals surface area (Å²) < 4.78 is 18.0. The molecule has 3 nitrogen and oxygen atoms in total. The van der Waals surface area contributed by atoms with Gasteiger partial charge in [-0.1, -0.05) is 52.0 Å². The summed E-state index contributed by atoms with van der Waals surface area (Å²) in [4.78, 5) is 0. The van der Waals surface area contributed by atoms with Gasteiger partial charge in [0.1, 0.15) is 0 Å². The third-order valence-corrected chi connectivity index (χ3v) is 5.64. The van der Waals surface area contributed by atoms with Gasteiger partial charge in [-0.25, -0.2) is 0 Å². The van der Waals surface area contributed by atoms with E-state index >= 15 is 0 Å². The molecule has 0 saturated carbocycles. The van der Waals surface area contributed by atoms with E-state index in [1.54, 1.807) is 0 Å². The Morgan fingerprint density at radius 3 is 1.24 bits per heavy atom. The Balaban J connectivity index is 2.07. The Hall–Kier alpha value is -1.47. The highest BCUT2D eigenvalue weighted by Gasteiger charge is 2.40. The highest BCUT2D eigenvalue weighted by atomic mass is 27.3. The molecule has 0 heterocycles. The van der Waals surface area contributed by atoms with Crippen LogP contribution in [0.4, 0.5) is 0 Å². The molecule has 2 aromatic rings. The molecule has 2 rings (SSSR count). The monoisotopic (exact) mass is 356 g/mol. The third kappa shape index (κ3) is 6.40. The molecule has 0 spiro atoms. The molecule has 0 bridgehead atoms. The van der Waals surface area contributed by atoms with Crippen LogP contribution in [0.5, 0.6) is 11.5 Å². The molecular formula is C21H29AlO3. The summed E-state index contributed by atoms with van der Waals surface area (Å²) in [5, 5.41) is 0. The van der Waals surface area contributed by atoms with Crippen molar-refractivity contribution in [3.8, 4) is 11.5 Å². The van der Waals surface area contributed by atoms with Gasteiger partial charge in [0.25, 0.3) is 0 Å². The van der Waals surface area contributed by atoms with Gasteiger partial charge in [0.15, 0.2) is 0 Å². The van der Waals surface area contributed by atoms with Crippen molar-refractivity contribution in [2.24, 2.45) is 0 Å². The van der Waals surface area contributed by atoms with E-state index in [2.05, 4.69) is 52.0 Å². The van der Waals surface area contributed by atoms with Crippen LogP contribution in [-0.4, -0.2) is 21.3 Å². The largest absolute Gasteiger partial charge is 1.10 e. The Kier molecular flexibility index (Phi) is 7.38. The lowest BCUT2D eigenvalue weighted by atomic mass is 10.0. The van der Waals surface area contributed by atoms with Crippen molar-refractivity contribution < 1.29 is 11.4 Å². The van der Waals surface area contributed by atoms with E-state index in [9.17, 15) is 0 Å². The van der Waals surface area contributed by atoms with Gasteiger partial charge in [-0.05, 0) is 61.1 Å². The predicted molar refractivity (Wildman–Crippen MR) is 104 cm³/mol. The maximum Gasteiger partial charge on any atom is 1.10 e. The van der Waals surface area contributed by atoms with E-state index < -0.39 is 15.1 Å². The summed E-state index contributed by atoms with van der Waals surface area (Å²) in [6, 6.07) is 16.3. The average molecular weight is 356 g/mol. The zero-order chi connectivity index (χ0) is 18.4. The van der Waals surface area contributed by atoms with Crippen molar-refractivity contribution in [3.63, 3.8) is 0 Å². The Labute approximate surface area is 157 Å². The van der Waals surface area contributed by atoms with Crippen LogP contribution < -0.4 is 7.58 Å². The summed E-state index contributed by atoms with van der Waals surface area (Å²) in [5.74, 6) is 2.59. The first-order chi connectivity index (χ1) is 11.8. The third-order valence-electron chi connectivity index (χ3n) is 3.94. The van der Waals surface area contributed by atoms with Gasteiger partial charge in [-0.2, -0.15) is 0 Å². The molecule has 0 aliphatic rings. The van der Waals surface area contributed by atoms with Crippen LogP contribution in [0, 0.1) is 0 Å². The highest BCUT2D eigenvalue weighted by Crippen LogP contribution is 2.22. The van der Waals surface area contributed by atoms with Crippen molar-refractivity contribution in [2.45, 2.75) is 59.5 Å². The molecule has 0 amide bonds. The van der Waals surface area contributed by atoms with E-state index in [1.165, 1.54) is 11.1 Å². The molecule has 25 heavy (non-hydrogen) atoms. The van der Waals surface area contributed by atoms with E-state index in [4.69, 9.17) is 11.4 Å². The van der Waals surface area contributed by atoms with Crippen LogP contribution in [0.3, 0.4) is 0 Å². The van der Waals surface area contributed by atoms with Crippen molar-refractivity contribution in [3.05, 3.63) is 59.7 Å². The first-order valence-electron chi connectivity index (χ1n) is 9.04. The maximum atomic E-state index is 6.04. The second kappa shape index (κ2) is 9.29. The predicted octanol–water partition coefficient (Wildman–Crippen LogP) is 5.80. The molecule has 0 atom stereocenters. The van der Waals surface area contributed by atoms with E-state index in [0.29, 0.717) is 11.8 Å².